The first-order valence-electron chi connectivity index (χ1n) is 20.5. The van der Waals surface area contributed by atoms with Crippen LogP contribution in [0.15, 0.2) is 200 Å². The summed E-state index contributed by atoms with van der Waals surface area (Å²) in [5, 5.41) is 4.46. The molecule has 0 aliphatic carbocycles. The minimum absolute atomic E-state index is 0.609. The Labute approximate surface area is 360 Å². The van der Waals surface area contributed by atoms with Crippen molar-refractivity contribution in [2.45, 2.75) is 0 Å². The Hall–Kier alpha value is -8.20. The highest BCUT2D eigenvalue weighted by molar-refractivity contribution is 7.26. The van der Waals surface area contributed by atoms with Crippen LogP contribution in [0.3, 0.4) is 0 Å². The predicted molar refractivity (Wildman–Crippen MR) is 253 cm³/mol. The van der Waals surface area contributed by atoms with E-state index in [1.807, 2.05) is 91.0 Å². The van der Waals surface area contributed by atoms with Gasteiger partial charge in [-0.3, -0.25) is 0 Å². The number of benzene rings is 8. The molecule has 0 spiro atoms. The van der Waals surface area contributed by atoms with Crippen LogP contribution in [0.5, 0.6) is 0 Å². The Morgan fingerprint density at radius 1 is 0.323 bits per heavy atom. The van der Waals surface area contributed by atoms with Crippen molar-refractivity contribution in [2.75, 3.05) is 0 Å². The number of fused-ring (bicyclic) bond motifs is 6. The summed E-state index contributed by atoms with van der Waals surface area (Å²) < 4.78 is 4.51. The van der Waals surface area contributed by atoms with Crippen LogP contribution in [0.1, 0.15) is 0 Å². The summed E-state index contributed by atoms with van der Waals surface area (Å²) in [5.74, 6) is 3.70. The molecular weight excluding hydrogens is 779 g/mol. The summed E-state index contributed by atoms with van der Waals surface area (Å²) in [5.41, 5.74) is 8.94. The molecule has 0 N–H and O–H groups in total. The zero-order valence-electron chi connectivity index (χ0n) is 33.1. The lowest BCUT2D eigenvalue weighted by Gasteiger charge is -2.10. The second-order valence-corrected chi connectivity index (χ2v) is 16.1. The molecular formula is C54H33N7S. The van der Waals surface area contributed by atoms with Gasteiger partial charge in [0.2, 0.25) is 0 Å². The first-order valence-corrected chi connectivity index (χ1v) is 21.3. The molecule has 0 radical (unpaired) electrons. The van der Waals surface area contributed by atoms with Crippen molar-refractivity contribution in [3.63, 3.8) is 0 Å². The van der Waals surface area contributed by atoms with Crippen LogP contribution in [0, 0.1) is 0 Å². The number of hydrogen-bond donors (Lipinski definition) is 0. The van der Waals surface area contributed by atoms with E-state index in [-0.39, 0.29) is 0 Å². The lowest BCUT2D eigenvalue weighted by Crippen LogP contribution is -2.00. The van der Waals surface area contributed by atoms with Gasteiger partial charge in [-0.1, -0.05) is 152 Å². The van der Waals surface area contributed by atoms with Crippen LogP contribution in [0.25, 0.3) is 116 Å². The summed E-state index contributed by atoms with van der Waals surface area (Å²) in [6.45, 7) is 0. The van der Waals surface area contributed by atoms with Gasteiger partial charge in [-0.15, -0.1) is 11.3 Å². The van der Waals surface area contributed by atoms with Crippen LogP contribution in [0.4, 0.5) is 0 Å². The van der Waals surface area contributed by atoms with E-state index in [0.29, 0.717) is 34.9 Å². The van der Waals surface area contributed by atoms with Gasteiger partial charge in [-0.05, 0) is 48.5 Å². The van der Waals surface area contributed by atoms with E-state index >= 15 is 0 Å². The molecule has 4 heterocycles. The second kappa shape index (κ2) is 14.8. The number of nitrogens with zero attached hydrogens (tertiary/aromatic N) is 7. The largest absolute Gasteiger partial charge is 0.309 e. The SMILES string of the molecule is c1ccc(-c2nc(-c3ccc4c(c3)c3ccccc3n4-c3ccccc3)nc(-c3cccc4c3sc3cccc(-c5nc(-c6ccccc6)nc(-c6ccccc6)n5)c34)n2)cc1. The average molecular weight is 812 g/mol. The first kappa shape index (κ1) is 35.7. The van der Waals surface area contributed by atoms with Gasteiger partial charge in [-0.2, -0.15) is 0 Å². The van der Waals surface area contributed by atoms with Crippen LogP contribution in [-0.4, -0.2) is 34.5 Å². The fourth-order valence-electron chi connectivity index (χ4n) is 8.45. The van der Waals surface area contributed by atoms with Gasteiger partial charge in [0.25, 0.3) is 0 Å². The van der Waals surface area contributed by atoms with Crippen LogP contribution in [-0.2, 0) is 0 Å². The molecule has 290 valence electrons. The van der Waals surface area contributed by atoms with Crippen molar-refractivity contribution >= 4 is 53.3 Å². The molecule has 0 bridgehead atoms. The van der Waals surface area contributed by atoms with E-state index in [9.17, 15) is 0 Å². The summed E-state index contributed by atoms with van der Waals surface area (Å²) >= 11 is 1.73. The molecule has 12 aromatic rings. The smallest absolute Gasteiger partial charge is 0.165 e. The fraction of sp³-hybridized carbons (Fsp3) is 0. The minimum atomic E-state index is 0.609. The lowest BCUT2D eigenvalue weighted by molar-refractivity contribution is 1.08. The van der Waals surface area contributed by atoms with E-state index < -0.39 is 0 Å². The molecule has 0 aliphatic heterocycles. The zero-order chi connectivity index (χ0) is 41.0. The van der Waals surface area contributed by atoms with Crippen LogP contribution in [0.2, 0.25) is 0 Å². The molecule has 12 rings (SSSR count). The number of para-hydroxylation sites is 2. The molecule has 0 amide bonds. The van der Waals surface area contributed by atoms with Crippen molar-refractivity contribution in [3.8, 4) is 74.0 Å². The van der Waals surface area contributed by atoms with Crippen LogP contribution < -0.4 is 0 Å². The van der Waals surface area contributed by atoms with E-state index in [1.165, 1.54) is 5.39 Å². The molecule has 0 unspecified atom stereocenters. The lowest BCUT2D eigenvalue weighted by atomic mass is 10.0. The minimum Gasteiger partial charge on any atom is -0.309 e. The van der Waals surface area contributed by atoms with E-state index in [4.69, 9.17) is 29.9 Å². The molecule has 0 fully saturated rings. The van der Waals surface area contributed by atoms with Crippen molar-refractivity contribution in [1.29, 1.82) is 0 Å². The molecule has 0 atom stereocenters. The maximum Gasteiger partial charge on any atom is 0.165 e. The van der Waals surface area contributed by atoms with Crippen molar-refractivity contribution in [2.24, 2.45) is 0 Å². The second-order valence-electron chi connectivity index (χ2n) is 15.1. The molecule has 8 heteroatoms. The number of thiophene rings is 1. The number of rotatable bonds is 7. The van der Waals surface area contributed by atoms with Gasteiger partial charge >= 0.3 is 0 Å². The predicted octanol–water partition coefficient (Wildman–Crippen LogP) is 13.5. The Morgan fingerprint density at radius 3 is 1.42 bits per heavy atom. The third kappa shape index (κ3) is 6.12. The van der Waals surface area contributed by atoms with Gasteiger partial charge in [-0.25, -0.2) is 29.9 Å². The van der Waals surface area contributed by atoms with Gasteiger partial charge in [0.05, 0.1) is 11.0 Å². The normalized spacial score (nSPS) is 11.5. The van der Waals surface area contributed by atoms with Gasteiger partial charge in [0.1, 0.15) is 0 Å². The molecule has 0 saturated heterocycles. The molecule has 0 aliphatic rings. The first-order chi connectivity index (χ1) is 30.7. The standard InChI is InChI=1S/C54H33N7S/c1-5-17-34(18-6-1)49-55-50(35-19-7-2-8-20-35)58-53(57-49)41-27-16-30-46-47(41)40-26-15-28-42(48(40)62-46)54-59-51(36-21-9-3-10-22-36)56-52(60-54)37-31-32-45-43(33-37)39-25-13-14-29-44(39)61(45)38-23-11-4-12-24-38/h1-33H. The summed E-state index contributed by atoms with van der Waals surface area (Å²) in [6.07, 6.45) is 0. The number of aromatic nitrogens is 7. The highest BCUT2D eigenvalue weighted by Crippen LogP contribution is 2.44. The molecule has 0 saturated carbocycles. The van der Waals surface area contributed by atoms with Crippen LogP contribution >= 0.6 is 11.3 Å². The Bertz CT molecular complexity index is 3570. The Balaban J connectivity index is 1.05. The van der Waals surface area contributed by atoms with E-state index in [0.717, 1.165) is 75.7 Å². The van der Waals surface area contributed by atoms with E-state index in [2.05, 4.69) is 114 Å². The quantitative estimate of drug-likeness (QED) is 0.159. The zero-order valence-corrected chi connectivity index (χ0v) is 33.9. The maximum absolute atomic E-state index is 5.29. The highest BCUT2D eigenvalue weighted by atomic mass is 32.1. The van der Waals surface area contributed by atoms with Crippen molar-refractivity contribution in [3.05, 3.63) is 200 Å². The summed E-state index contributed by atoms with van der Waals surface area (Å²) in [7, 11) is 0. The van der Waals surface area contributed by atoms with E-state index in [1.54, 1.807) is 11.3 Å². The van der Waals surface area contributed by atoms with Gasteiger partial charge in [0, 0.05) is 70.0 Å². The average Bonchev–Trinajstić information content (AvgIpc) is 3.91. The highest BCUT2D eigenvalue weighted by Gasteiger charge is 2.21. The van der Waals surface area contributed by atoms with Crippen molar-refractivity contribution < 1.29 is 0 Å². The molecule has 4 aromatic heterocycles. The fourth-order valence-corrected chi connectivity index (χ4v) is 9.69. The van der Waals surface area contributed by atoms with Gasteiger partial charge < -0.3 is 4.57 Å². The topological polar surface area (TPSA) is 82.3 Å². The molecule has 7 nitrogen and oxygen atoms in total. The molecule has 8 aromatic carbocycles. The summed E-state index contributed by atoms with van der Waals surface area (Å²) in [6, 6.07) is 68.7. The van der Waals surface area contributed by atoms with Gasteiger partial charge in [0.15, 0.2) is 34.9 Å². The summed E-state index contributed by atoms with van der Waals surface area (Å²) in [4.78, 5) is 30.8. The third-order valence-corrected chi connectivity index (χ3v) is 12.5. The number of hydrogen-bond acceptors (Lipinski definition) is 7. The molecule has 62 heavy (non-hydrogen) atoms. The maximum atomic E-state index is 5.29. The Morgan fingerprint density at radius 2 is 0.790 bits per heavy atom. The Kier molecular flexibility index (Phi) is 8.53. The van der Waals surface area contributed by atoms with Crippen molar-refractivity contribution in [1.82, 2.24) is 34.5 Å². The monoisotopic (exact) mass is 811 g/mol. The third-order valence-electron chi connectivity index (χ3n) is 11.3.